The van der Waals surface area contributed by atoms with Gasteiger partial charge in [-0.1, -0.05) is 162 Å². The number of methoxy groups -OCH3 is 2. The molecule has 0 aromatic heterocycles. The number of nitrogens with one attached hydrogen (secondary N) is 1. The summed E-state index contributed by atoms with van der Waals surface area (Å²) in [5, 5.41) is 12.8. The fourth-order valence-corrected chi connectivity index (χ4v) is 9.59. The van der Waals surface area contributed by atoms with Crippen LogP contribution >= 0.6 is 0 Å². The number of nitrogen functional groups attached to an aromatic ring is 1. The second-order valence-electron chi connectivity index (χ2n) is 22.6. The monoisotopic (exact) mass is 1370 g/mol. The molecule has 6 atom stereocenters. The predicted molar refractivity (Wildman–Crippen MR) is 366 cm³/mol. The highest BCUT2D eigenvalue weighted by molar-refractivity contribution is 6.02. The smallest absolute Gasteiger partial charge is 0.339 e. The van der Waals surface area contributed by atoms with Crippen LogP contribution in [0.3, 0.4) is 0 Å². The van der Waals surface area contributed by atoms with Crippen LogP contribution in [0.5, 0.6) is 0 Å². The number of amides is 1. The lowest BCUT2D eigenvalue weighted by Gasteiger charge is -2.21. The zero-order valence-corrected chi connectivity index (χ0v) is 58.1. The number of allylic oxidation sites excluding steroid dienone is 12. The van der Waals surface area contributed by atoms with Crippen LogP contribution in [-0.2, 0) is 90.6 Å². The molecule has 1 fully saturated rings. The van der Waals surface area contributed by atoms with Gasteiger partial charge in [0.25, 0.3) is 0 Å². The summed E-state index contributed by atoms with van der Waals surface area (Å²) in [5.41, 5.74) is 6.77. The normalized spacial score (nSPS) is 14.3. The molecule has 2 aromatic carbocycles. The number of hydrogen-bond acceptors (Lipinski definition) is 22. The van der Waals surface area contributed by atoms with Crippen LogP contribution in [0.25, 0.3) is 0 Å². The Morgan fingerprint density at radius 2 is 1.02 bits per heavy atom. The van der Waals surface area contributed by atoms with Gasteiger partial charge in [0.05, 0.1) is 49.3 Å². The minimum absolute atomic E-state index is 0.0584. The summed E-state index contributed by atoms with van der Waals surface area (Å²) in [6.45, 7) is 8.27. The first-order valence-corrected chi connectivity index (χ1v) is 33.2. The fraction of sp³-hybridized carbons (Fsp3) is 0.514. The van der Waals surface area contributed by atoms with Gasteiger partial charge in [-0.3, -0.25) is 47.9 Å². The van der Waals surface area contributed by atoms with E-state index in [1.807, 2.05) is 54.7 Å². The highest BCUT2D eigenvalue weighted by atomic mass is 16.6. The number of nitrogens with two attached hydrogens (primary N) is 1. The Balaban J connectivity index is 0.000000862. The van der Waals surface area contributed by atoms with E-state index in [4.69, 9.17) is 43.6 Å². The number of anilines is 2. The van der Waals surface area contributed by atoms with Crippen molar-refractivity contribution in [2.75, 3.05) is 51.7 Å². The lowest BCUT2D eigenvalue weighted by Crippen LogP contribution is -2.29. The van der Waals surface area contributed by atoms with Gasteiger partial charge in [0.15, 0.2) is 12.2 Å². The number of carbonyl (C=O) groups excluding carboxylic acids is 11. The van der Waals surface area contributed by atoms with Crippen molar-refractivity contribution in [1.29, 1.82) is 0 Å². The molecule has 1 saturated heterocycles. The van der Waals surface area contributed by atoms with E-state index in [1.54, 1.807) is 42.5 Å². The van der Waals surface area contributed by atoms with Crippen LogP contribution in [0.4, 0.5) is 11.4 Å². The third kappa shape index (κ3) is 42.2. The van der Waals surface area contributed by atoms with Crippen LogP contribution in [0.15, 0.2) is 121 Å². The number of hydrogen-bond donors (Lipinski definition) is 3. The van der Waals surface area contributed by atoms with Gasteiger partial charge in [-0.15, -0.1) is 0 Å². The summed E-state index contributed by atoms with van der Waals surface area (Å²) in [5.74, 6) is -8.51. The average Bonchev–Trinajstić information content (AvgIpc) is 1.81. The van der Waals surface area contributed by atoms with Gasteiger partial charge >= 0.3 is 65.7 Å². The van der Waals surface area contributed by atoms with Crippen LogP contribution in [0, 0.1) is 23.7 Å². The van der Waals surface area contributed by atoms with Crippen molar-refractivity contribution in [2.24, 2.45) is 23.7 Å². The molecule has 24 heteroatoms. The number of unbranched alkanes of at least 4 members (excludes halogenated alkanes) is 8. The summed E-state index contributed by atoms with van der Waals surface area (Å²) in [4.78, 5) is 141. The van der Waals surface area contributed by atoms with Crippen LogP contribution < -0.4 is 11.1 Å². The Morgan fingerprint density at radius 3 is 1.49 bits per heavy atom. The fourth-order valence-electron chi connectivity index (χ4n) is 9.59. The highest BCUT2D eigenvalue weighted by Crippen LogP contribution is 2.31. The molecule has 98 heavy (non-hydrogen) atoms. The molecule has 0 saturated carbocycles. The Bertz CT molecular complexity index is 3000. The molecular weight excluding hydrogens is 1270 g/mol. The predicted octanol–water partition coefficient (Wildman–Crippen LogP) is 12.3. The van der Waals surface area contributed by atoms with Gasteiger partial charge < -0.3 is 58.8 Å². The largest absolute Gasteiger partial charge is 0.481 e. The molecule has 3 rings (SSSR count). The molecule has 4 N–H and O–H groups in total. The number of carboxylic acids is 1. The van der Waals surface area contributed by atoms with Crippen LogP contribution in [0.1, 0.15) is 191 Å². The van der Waals surface area contributed by atoms with E-state index in [-0.39, 0.29) is 69.3 Å². The first kappa shape index (κ1) is 86.5. The molecule has 0 spiro atoms. The zero-order chi connectivity index (χ0) is 72.9. The number of aliphatic carboxylic acids is 1. The Morgan fingerprint density at radius 1 is 0.561 bits per heavy atom. The minimum atomic E-state index is -1.09. The summed E-state index contributed by atoms with van der Waals surface area (Å²) >= 11 is 0. The molecule has 6 unspecified atom stereocenters. The van der Waals surface area contributed by atoms with E-state index in [9.17, 15) is 62.6 Å². The Labute approximate surface area is 576 Å². The average molecular weight is 1370 g/mol. The molecule has 0 aliphatic carbocycles. The standard InChI is InChI=1S/C37H51NO11.C29H42O9.C8H9NO2/c1-5-6-7-8-9-11-14-19-29(32(36(43)44)24-34(41)38-33-22-18-17-21-31(33)37(45)46-4)20-15-12-10-13-16-23-35(42)48-26-30(49-28(3)40)25-47-27(2)39;1-4-5-6-7-8-10-13-16-24(26-19-28(33)38-29(26)34)17-14-11-9-12-15-18-27(32)36-21-25(37-23(3)31)20-35-22(2)30;1-11-8(10)6-4-2-3-5-7(6)9/h6-7,9,11,14,17-19,21-22,29-30,32H,5,8,10,12-13,15-16,20,23-26H2,1-4H3,(H,38,41)(H,43,44);5-6,8,10,13,16,24-26H,4,7,9,11-12,14-15,17-21H2,1-3H3;2-5H,9H2,1H3/b7-6+,11-9+,19-14+;6-5+,10-8+,16-13+;. The molecule has 0 bridgehead atoms. The van der Waals surface area contributed by atoms with Crippen LogP contribution in [0.2, 0.25) is 0 Å². The maximum atomic E-state index is 13.0. The maximum Gasteiger partial charge on any atom is 0.339 e. The van der Waals surface area contributed by atoms with Crippen molar-refractivity contribution in [3.63, 3.8) is 0 Å². The Hall–Kier alpha value is -9.48. The molecule has 0 radical (unpaired) electrons. The molecule has 2 aromatic rings. The van der Waals surface area contributed by atoms with E-state index in [0.29, 0.717) is 36.9 Å². The molecule has 540 valence electrons. The van der Waals surface area contributed by atoms with Gasteiger partial charge in [0, 0.05) is 52.6 Å². The minimum Gasteiger partial charge on any atom is -0.481 e. The highest BCUT2D eigenvalue weighted by Gasteiger charge is 2.38. The molecular formula is C74H102N2O22. The van der Waals surface area contributed by atoms with Gasteiger partial charge in [-0.25, -0.2) is 9.59 Å². The summed E-state index contributed by atoms with van der Waals surface area (Å²) in [7, 11) is 2.57. The first-order valence-electron chi connectivity index (χ1n) is 33.2. The number of carboxylic acid groups (broad SMARTS) is 1. The summed E-state index contributed by atoms with van der Waals surface area (Å²) < 4.78 is 44.0. The van der Waals surface area contributed by atoms with Crippen LogP contribution in [-0.4, -0.2) is 130 Å². The number of cyclic esters (lactones) is 2. The number of ether oxygens (including phenoxy) is 9. The summed E-state index contributed by atoms with van der Waals surface area (Å²) in [6, 6.07) is 13.2. The number of esters is 10. The van der Waals surface area contributed by atoms with Crippen molar-refractivity contribution in [3.05, 3.63) is 133 Å². The molecule has 1 aliphatic rings. The second kappa shape index (κ2) is 53.6. The van der Waals surface area contributed by atoms with E-state index < -0.39 is 102 Å². The van der Waals surface area contributed by atoms with Crippen molar-refractivity contribution >= 4 is 82.9 Å². The first-order chi connectivity index (χ1) is 47.0. The van der Waals surface area contributed by atoms with Crippen molar-refractivity contribution in [3.8, 4) is 0 Å². The van der Waals surface area contributed by atoms with Gasteiger partial charge in [-0.05, 0) is 87.5 Å². The van der Waals surface area contributed by atoms with Gasteiger partial charge in [-0.2, -0.15) is 0 Å². The lowest BCUT2D eigenvalue weighted by atomic mass is 9.84. The number of carbonyl (C=O) groups is 12. The van der Waals surface area contributed by atoms with E-state index in [1.165, 1.54) is 48.0 Å². The molecule has 1 aliphatic heterocycles. The molecule has 1 amide bonds. The maximum absolute atomic E-state index is 13.0. The van der Waals surface area contributed by atoms with E-state index in [2.05, 4.69) is 42.1 Å². The van der Waals surface area contributed by atoms with Crippen molar-refractivity contribution in [1.82, 2.24) is 0 Å². The second-order valence-corrected chi connectivity index (χ2v) is 22.6. The number of rotatable bonds is 44. The van der Waals surface area contributed by atoms with Crippen molar-refractivity contribution < 1.29 is 105 Å². The quantitative estimate of drug-likeness (QED) is 0.0105. The van der Waals surface area contributed by atoms with E-state index in [0.717, 1.165) is 77.0 Å². The Kier molecular flexibility index (Phi) is 47.4. The third-order valence-electron chi connectivity index (χ3n) is 14.5. The SMILES string of the molecule is CC/C=C/C/C=C/C=C/C(CCCCCCCC(=O)OCC(COC(C)=O)OC(C)=O)C(CC(=O)Nc1ccccc1C(=O)OC)C(=O)O.CC/C=C/C/C=C/C=C/C(CCCCCCCC(=O)OCC(COC(C)=O)OC(C)=O)C1CC(=O)OC1=O.COC(=O)c1ccccc1N. The van der Waals surface area contributed by atoms with E-state index >= 15 is 0 Å². The van der Waals surface area contributed by atoms with Gasteiger partial charge in [0.1, 0.15) is 26.4 Å². The topological polar surface area (TPSA) is 346 Å². The summed E-state index contributed by atoms with van der Waals surface area (Å²) in [6.07, 6.45) is 35.0. The number of benzene rings is 2. The molecule has 24 nitrogen and oxygen atoms in total. The van der Waals surface area contributed by atoms with Crippen molar-refractivity contribution in [2.45, 2.75) is 182 Å². The third-order valence-corrected chi connectivity index (χ3v) is 14.5. The molecule has 1 heterocycles. The lowest BCUT2D eigenvalue weighted by molar-refractivity contribution is -0.164. The zero-order valence-electron chi connectivity index (χ0n) is 58.1. The number of para-hydroxylation sites is 2. The van der Waals surface area contributed by atoms with Gasteiger partial charge in [0.2, 0.25) is 5.91 Å².